The van der Waals surface area contributed by atoms with Crippen LogP contribution in [0, 0.1) is 0 Å². The number of unbranched alkanes of at least 4 members (excludes halogenated alkanes) is 1. The average Bonchev–Trinajstić information content (AvgIpc) is 2.88. The first kappa shape index (κ1) is 18.9. The van der Waals surface area contributed by atoms with E-state index in [-0.39, 0.29) is 5.56 Å². The minimum Gasteiger partial charge on any atom is -0.478 e. The molecule has 4 N–H and O–H groups in total. The van der Waals surface area contributed by atoms with Crippen LogP contribution in [0.5, 0.6) is 0 Å². The predicted octanol–water partition coefficient (Wildman–Crippen LogP) is 3.71. The smallest absolute Gasteiger partial charge is 0.336 e. The van der Waals surface area contributed by atoms with Gasteiger partial charge in [-0.3, -0.25) is 0 Å². The summed E-state index contributed by atoms with van der Waals surface area (Å²) in [7, 11) is 0. The molecule has 1 aliphatic carbocycles. The molecule has 1 fully saturated rings. The summed E-state index contributed by atoms with van der Waals surface area (Å²) in [6.07, 6.45) is 5.08. The van der Waals surface area contributed by atoms with Crippen molar-refractivity contribution in [3.05, 3.63) is 35.4 Å². The lowest BCUT2D eigenvalue weighted by Crippen LogP contribution is -2.14. The highest BCUT2D eigenvalue weighted by molar-refractivity contribution is 6.20. The van der Waals surface area contributed by atoms with Gasteiger partial charge in [-0.1, -0.05) is 38.0 Å². The molecular formula is C17H26ClNO3. The van der Waals surface area contributed by atoms with Crippen LogP contribution in [0.4, 0.5) is 0 Å². The Morgan fingerprint density at radius 2 is 2.09 bits per heavy atom. The van der Waals surface area contributed by atoms with E-state index >= 15 is 0 Å². The zero-order valence-corrected chi connectivity index (χ0v) is 13.8. The molecule has 5 heteroatoms. The Hall–Kier alpha value is -1.10. The average molecular weight is 328 g/mol. The number of aromatic carboxylic acids is 1. The number of hydrogen-bond acceptors (Lipinski definition) is 3. The summed E-state index contributed by atoms with van der Waals surface area (Å²) in [5.74, 6) is -0.985. The fraction of sp³-hybridized carbons (Fsp3) is 0.588. The van der Waals surface area contributed by atoms with Crippen LogP contribution in [0.1, 0.15) is 67.5 Å². The third-order valence-corrected chi connectivity index (χ3v) is 4.19. The van der Waals surface area contributed by atoms with Gasteiger partial charge in [-0.25, -0.2) is 4.79 Å². The zero-order chi connectivity index (χ0) is 16.5. The first-order valence-electron chi connectivity index (χ1n) is 7.85. The number of halogens is 1. The maximum Gasteiger partial charge on any atom is 0.336 e. The number of alkyl halides is 1. The highest BCUT2D eigenvalue weighted by atomic mass is 35.5. The maximum absolute atomic E-state index is 10.9. The molecule has 1 aromatic carbocycles. The van der Waals surface area contributed by atoms with E-state index in [0.717, 1.165) is 32.1 Å². The first-order valence-corrected chi connectivity index (χ1v) is 8.29. The third kappa shape index (κ3) is 6.34. The van der Waals surface area contributed by atoms with Crippen molar-refractivity contribution < 1.29 is 15.0 Å². The van der Waals surface area contributed by atoms with E-state index in [1.54, 1.807) is 18.2 Å². The van der Waals surface area contributed by atoms with Gasteiger partial charge in [-0.2, -0.15) is 0 Å². The molecule has 0 saturated heterocycles. The normalized spacial score (nSPS) is 21.8. The number of carboxylic acids is 1. The van der Waals surface area contributed by atoms with Gasteiger partial charge in [0.1, 0.15) is 0 Å². The summed E-state index contributed by atoms with van der Waals surface area (Å²) in [6, 6.07) is 7.00. The van der Waals surface area contributed by atoms with Crippen molar-refractivity contribution in [1.82, 2.24) is 0 Å². The SMILES string of the molecule is CCCCC(O)c1ccccc1C(=O)O.NC1CCC(Cl)C1. The van der Waals surface area contributed by atoms with Crippen LogP contribution in [0.25, 0.3) is 0 Å². The van der Waals surface area contributed by atoms with Gasteiger partial charge in [-0.15, -0.1) is 11.6 Å². The minimum absolute atomic E-state index is 0.195. The first-order chi connectivity index (χ1) is 10.5. The number of aliphatic hydroxyl groups is 1. The maximum atomic E-state index is 10.9. The molecule has 0 spiro atoms. The molecule has 4 nitrogen and oxygen atoms in total. The van der Waals surface area contributed by atoms with Gasteiger partial charge >= 0.3 is 5.97 Å². The van der Waals surface area contributed by atoms with Crippen LogP contribution in [-0.4, -0.2) is 27.6 Å². The van der Waals surface area contributed by atoms with Gasteiger partial charge in [0.15, 0.2) is 0 Å². The monoisotopic (exact) mass is 327 g/mol. The molecule has 1 aliphatic rings. The highest BCUT2D eigenvalue weighted by Gasteiger charge is 2.18. The van der Waals surface area contributed by atoms with E-state index in [1.165, 1.54) is 6.07 Å². The van der Waals surface area contributed by atoms with Crippen molar-refractivity contribution in [2.75, 3.05) is 0 Å². The van der Waals surface area contributed by atoms with Crippen molar-refractivity contribution in [3.63, 3.8) is 0 Å². The molecule has 1 saturated carbocycles. The van der Waals surface area contributed by atoms with E-state index in [4.69, 9.17) is 22.4 Å². The zero-order valence-electron chi connectivity index (χ0n) is 13.0. The van der Waals surface area contributed by atoms with Gasteiger partial charge in [0.05, 0.1) is 11.7 Å². The number of carboxylic acid groups (broad SMARTS) is 1. The van der Waals surface area contributed by atoms with Crippen LogP contribution in [0.2, 0.25) is 0 Å². The van der Waals surface area contributed by atoms with Crippen molar-refractivity contribution in [2.45, 2.75) is 63.0 Å². The highest BCUT2D eigenvalue weighted by Crippen LogP contribution is 2.23. The molecule has 0 bridgehead atoms. The van der Waals surface area contributed by atoms with Crippen molar-refractivity contribution in [2.24, 2.45) is 5.73 Å². The lowest BCUT2D eigenvalue weighted by molar-refractivity contribution is 0.0688. The van der Waals surface area contributed by atoms with Crippen LogP contribution in [0.15, 0.2) is 24.3 Å². The Labute approximate surface area is 137 Å². The number of hydrogen-bond donors (Lipinski definition) is 3. The van der Waals surface area contributed by atoms with Crippen molar-refractivity contribution in [1.29, 1.82) is 0 Å². The van der Waals surface area contributed by atoms with E-state index in [9.17, 15) is 9.90 Å². The summed E-state index contributed by atoms with van der Waals surface area (Å²) in [5.41, 5.74) is 6.25. The Kier molecular flexibility index (Phi) is 8.46. The Morgan fingerprint density at radius 1 is 1.41 bits per heavy atom. The molecule has 0 aromatic heterocycles. The van der Waals surface area contributed by atoms with Crippen LogP contribution < -0.4 is 5.73 Å². The van der Waals surface area contributed by atoms with E-state index in [0.29, 0.717) is 23.4 Å². The standard InChI is InChI=1S/C12H16O3.C5H10ClN/c1-2-3-8-11(13)9-6-4-5-7-10(9)12(14)15;6-4-1-2-5(7)3-4/h4-7,11,13H,2-3,8H2,1H3,(H,14,15);4-5H,1-3,7H2. The molecule has 0 amide bonds. The number of aliphatic hydroxyl groups excluding tert-OH is 1. The van der Waals surface area contributed by atoms with Crippen LogP contribution >= 0.6 is 11.6 Å². The van der Waals surface area contributed by atoms with Gasteiger partial charge in [0, 0.05) is 11.4 Å². The van der Waals surface area contributed by atoms with Crippen LogP contribution in [0.3, 0.4) is 0 Å². The number of carbonyl (C=O) groups is 1. The quantitative estimate of drug-likeness (QED) is 0.720. The molecule has 2 rings (SSSR count). The molecule has 1 aromatic rings. The van der Waals surface area contributed by atoms with E-state index < -0.39 is 12.1 Å². The molecule has 3 atom stereocenters. The second kappa shape index (κ2) is 9.82. The Bertz CT molecular complexity index is 459. The second-order valence-corrected chi connectivity index (χ2v) is 6.34. The van der Waals surface area contributed by atoms with Gasteiger partial charge in [-0.05, 0) is 37.3 Å². The van der Waals surface area contributed by atoms with Gasteiger partial charge in [0.2, 0.25) is 0 Å². The van der Waals surface area contributed by atoms with E-state index in [1.807, 2.05) is 6.92 Å². The molecule has 124 valence electrons. The fourth-order valence-electron chi connectivity index (χ4n) is 2.49. The predicted molar refractivity (Wildman–Crippen MR) is 89.4 cm³/mol. The van der Waals surface area contributed by atoms with Crippen molar-refractivity contribution in [3.8, 4) is 0 Å². The lowest BCUT2D eigenvalue weighted by atomic mass is 9.99. The molecule has 0 heterocycles. The van der Waals surface area contributed by atoms with Crippen molar-refractivity contribution >= 4 is 17.6 Å². The Balaban J connectivity index is 0.000000287. The third-order valence-electron chi connectivity index (χ3n) is 3.79. The summed E-state index contributed by atoms with van der Waals surface area (Å²) < 4.78 is 0. The second-order valence-electron chi connectivity index (χ2n) is 5.72. The summed E-state index contributed by atoms with van der Waals surface area (Å²) in [6.45, 7) is 2.04. The topological polar surface area (TPSA) is 83.5 Å². The molecule has 0 aliphatic heterocycles. The summed E-state index contributed by atoms with van der Waals surface area (Å²) >= 11 is 5.73. The van der Waals surface area contributed by atoms with Gasteiger partial charge < -0.3 is 15.9 Å². The minimum atomic E-state index is -0.985. The molecule has 22 heavy (non-hydrogen) atoms. The fourth-order valence-corrected chi connectivity index (χ4v) is 2.85. The number of rotatable bonds is 5. The number of benzene rings is 1. The summed E-state index contributed by atoms with van der Waals surface area (Å²) in [5, 5.41) is 19.1. The number of nitrogens with two attached hydrogens (primary N) is 1. The van der Waals surface area contributed by atoms with E-state index in [2.05, 4.69) is 0 Å². The molecule has 0 radical (unpaired) electrons. The Morgan fingerprint density at radius 3 is 2.55 bits per heavy atom. The lowest BCUT2D eigenvalue weighted by Gasteiger charge is -2.12. The summed E-state index contributed by atoms with van der Waals surface area (Å²) in [4.78, 5) is 10.9. The largest absolute Gasteiger partial charge is 0.478 e. The molecule has 3 unspecified atom stereocenters. The van der Waals surface area contributed by atoms with Crippen LogP contribution in [-0.2, 0) is 0 Å². The van der Waals surface area contributed by atoms with Gasteiger partial charge in [0.25, 0.3) is 0 Å². The molecular weight excluding hydrogens is 302 g/mol.